The van der Waals surface area contributed by atoms with Gasteiger partial charge in [0, 0.05) is 11.9 Å². The van der Waals surface area contributed by atoms with Crippen LogP contribution in [0, 0.1) is 0 Å². The van der Waals surface area contributed by atoms with E-state index >= 15 is 0 Å². The fourth-order valence-electron chi connectivity index (χ4n) is 2.35. The largest absolute Gasteiger partial charge is 0.261 e. The number of hydrogen-bond acceptors (Lipinski definition) is 1. The molecule has 1 heterocycles. The lowest BCUT2D eigenvalue weighted by Gasteiger charge is -2.23. The molecular formula is C12H17N. The van der Waals surface area contributed by atoms with Crippen molar-refractivity contribution in [1.82, 2.24) is 4.98 Å². The third kappa shape index (κ3) is 1.74. The minimum atomic E-state index is 0.794. The Morgan fingerprint density at radius 2 is 2.46 bits per heavy atom. The molecule has 0 aliphatic heterocycles. The highest BCUT2D eigenvalue weighted by atomic mass is 14.7. The summed E-state index contributed by atoms with van der Waals surface area (Å²) >= 11 is 0. The molecule has 1 aliphatic carbocycles. The molecule has 1 nitrogen and oxygen atoms in total. The molecule has 1 aromatic rings. The lowest BCUT2D eigenvalue weighted by atomic mass is 9.83. The number of aromatic nitrogens is 1. The summed E-state index contributed by atoms with van der Waals surface area (Å²) in [5, 5.41) is 0. The van der Waals surface area contributed by atoms with Crippen LogP contribution in [0.15, 0.2) is 18.3 Å². The molecule has 0 unspecified atom stereocenters. The van der Waals surface area contributed by atoms with Crippen LogP contribution < -0.4 is 0 Å². The maximum Gasteiger partial charge on any atom is 0.0438 e. The van der Waals surface area contributed by atoms with Crippen LogP contribution in [0.5, 0.6) is 0 Å². The van der Waals surface area contributed by atoms with E-state index in [-0.39, 0.29) is 0 Å². The molecule has 0 N–H and O–H groups in total. The fraction of sp³-hybridized carbons (Fsp3) is 0.583. The fourth-order valence-corrected chi connectivity index (χ4v) is 2.35. The molecule has 2 rings (SSSR count). The monoisotopic (exact) mass is 175 g/mol. The van der Waals surface area contributed by atoms with Crippen LogP contribution in [0.2, 0.25) is 0 Å². The molecule has 0 fully saturated rings. The maximum atomic E-state index is 4.45. The highest BCUT2D eigenvalue weighted by Crippen LogP contribution is 2.33. The Balaban J connectivity index is 2.26. The first kappa shape index (κ1) is 8.74. The first-order valence-electron chi connectivity index (χ1n) is 5.35. The number of fused-ring (bicyclic) bond motifs is 1. The molecule has 1 heteroatoms. The molecule has 1 aliphatic rings. The molecule has 0 aromatic carbocycles. The molecule has 1 atom stereocenters. The van der Waals surface area contributed by atoms with Crippen molar-refractivity contribution in [3.05, 3.63) is 29.6 Å². The van der Waals surface area contributed by atoms with Crippen LogP contribution in [-0.2, 0) is 6.42 Å². The van der Waals surface area contributed by atoms with Crippen molar-refractivity contribution in [3.63, 3.8) is 0 Å². The van der Waals surface area contributed by atoms with Crippen molar-refractivity contribution in [2.24, 2.45) is 0 Å². The average molecular weight is 175 g/mol. The molecule has 1 aromatic heterocycles. The molecule has 0 amide bonds. The number of aryl methyl sites for hydroxylation is 1. The highest BCUT2D eigenvalue weighted by Gasteiger charge is 2.19. The molecule has 0 radical (unpaired) electrons. The average Bonchev–Trinajstić information content (AvgIpc) is 2.19. The van der Waals surface area contributed by atoms with Crippen molar-refractivity contribution in [2.45, 2.75) is 44.9 Å². The quantitative estimate of drug-likeness (QED) is 0.672. The van der Waals surface area contributed by atoms with E-state index in [9.17, 15) is 0 Å². The Kier molecular flexibility index (Phi) is 2.62. The lowest BCUT2D eigenvalue weighted by Crippen LogP contribution is -2.10. The van der Waals surface area contributed by atoms with E-state index in [1.807, 2.05) is 6.20 Å². The highest BCUT2D eigenvalue weighted by molar-refractivity contribution is 5.26. The topological polar surface area (TPSA) is 12.9 Å². The Morgan fingerprint density at radius 3 is 3.31 bits per heavy atom. The summed E-state index contributed by atoms with van der Waals surface area (Å²) in [6.07, 6.45) is 8.43. The van der Waals surface area contributed by atoms with Gasteiger partial charge in [0.25, 0.3) is 0 Å². The molecular weight excluding hydrogens is 158 g/mol. The van der Waals surface area contributed by atoms with E-state index in [4.69, 9.17) is 0 Å². The third-order valence-electron chi connectivity index (χ3n) is 2.97. The van der Waals surface area contributed by atoms with Gasteiger partial charge in [-0.15, -0.1) is 0 Å². The Morgan fingerprint density at radius 1 is 1.54 bits per heavy atom. The van der Waals surface area contributed by atoms with Crippen LogP contribution in [0.1, 0.15) is 49.8 Å². The van der Waals surface area contributed by atoms with Crippen LogP contribution in [-0.4, -0.2) is 4.98 Å². The van der Waals surface area contributed by atoms with Gasteiger partial charge in [0.05, 0.1) is 0 Å². The van der Waals surface area contributed by atoms with Gasteiger partial charge < -0.3 is 0 Å². The third-order valence-corrected chi connectivity index (χ3v) is 2.97. The van der Waals surface area contributed by atoms with Gasteiger partial charge >= 0.3 is 0 Å². The summed E-state index contributed by atoms with van der Waals surface area (Å²) < 4.78 is 0. The number of rotatable bonds is 2. The number of hydrogen-bond donors (Lipinski definition) is 0. The first-order chi connectivity index (χ1) is 6.42. The standard InChI is InChI=1S/C12H17N/c1-2-5-10-6-3-8-12-11(10)7-4-9-13-12/h4,7,9-10H,2-3,5-6,8H2,1H3/t10-/m0/s1. The van der Waals surface area contributed by atoms with Gasteiger partial charge in [-0.1, -0.05) is 19.4 Å². The van der Waals surface area contributed by atoms with Crippen LogP contribution in [0.4, 0.5) is 0 Å². The van der Waals surface area contributed by atoms with Gasteiger partial charge in [-0.2, -0.15) is 0 Å². The zero-order chi connectivity index (χ0) is 9.10. The SMILES string of the molecule is CCC[C@H]1CCCc2ncccc21. The summed E-state index contributed by atoms with van der Waals surface area (Å²) in [5.74, 6) is 0.794. The normalized spacial score (nSPS) is 21.2. The second-order valence-corrected chi connectivity index (χ2v) is 3.92. The minimum absolute atomic E-state index is 0.794. The smallest absolute Gasteiger partial charge is 0.0438 e. The second kappa shape index (κ2) is 3.91. The van der Waals surface area contributed by atoms with Gasteiger partial charge in [-0.3, -0.25) is 4.98 Å². The van der Waals surface area contributed by atoms with Crippen molar-refractivity contribution >= 4 is 0 Å². The molecule has 13 heavy (non-hydrogen) atoms. The van der Waals surface area contributed by atoms with Crippen LogP contribution in [0.3, 0.4) is 0 Å². The predicted molar refractivity (Wildman–Crippen MR) is 54.8 cm³/mol. The zero-order valence-electron chi connectivity index (χ0n) is 8.29. The molecule has 0 saturated carbocycles. The van der Waals surface area contributed by atoms with E-state index in [0.29, 0.717) is 0 Å². The minimum Gasteiger partial charge on any atom is -0.261 e. The zero-order valence-corrected chi connectivity index (χ0v) is 8.29. The summed E-state index contributed by atoms with van der Waals surface area (Å²) in [6, 6.07) is 4.34. The van der Waals surface area contributed by atoms with Crippen molar-refractivity contribution in [2.75, 3.05) is 0 Å². The van der Waals surface area contributed by atoms with E-state index in [1.54, 1.807) is 0 Å². The van der Waals surface area contributed by atoms with E-state index in [1.165, 1.54) is 43.4 Å². The van der Waals surface area contributed by atoms with Crippen LogP contribution in [0.25, 0.3) is 0 Å². The molecule has 70 valence electrons. The Labute approximate surface area is 80.2 Å². The lowest BCUT2D eigenvalue weighted by molar-refractivity contribution is 0.508. The van der Waals surface area contributed by atoms with Gasteiger partial charge in [0.1, 0.15) is 0 Å². The Bertz CT molecular complexity index is 280. The maximum absolute atomic E-state index is 4.45. The summed E-state index contributed by atoms with van der Waals surface area (Å²) in [7, 11) is 0. The molecule has 0 saturated heterocycles. The predicted octanol–water partition coefficient (Wildman–Crippen LogP) is 3.30. The van der Waals surface area contributed by atoms with Gasteiger partial charge in [-0.25, -0.2) is 0 Å². The summed E-state index contributed by atoms with van der Waals surface area (Å²) in [6.45, 7) is 2.27. The molecule has 0 spiro atoms. The number of pyridine rings is 1. The number of nitrogens with zero attached hydrogens (tertiary/aromatic N) is 1. The van der Waals surface area contributed by atoms with Crippen LogP contribution >= 0.6 is 0 Å². The first-order valence-corrected chi connectivity index (χ1v) is 5.35. The van der Waals surface area contributed by atoms with Crippen molar-refractivity contribution in [1.29, 1.82) is 0 Å². The summed E-state index contributed by atoms with van der Waals surface area (Å²) in [5.41, 5.74) is 2.88. The second-order valence-electron chi connectivity index (χ2n) is 3.92. The van der Waals surface area contributed by atoms with Gasteiger partial charge in [0.2, 0.25) is 0 Å². The van der Waals surface area contributed by atoms with Crippen molar-refractivity contribution in [3.8, 4) is 0 Å². The van der Waals surface area contributed by atoms with E-state index < -0.39 is 0 Å². The van der Waals surface area contributed by atoms with E-state index in [2.05, 4.69) is 24.0 Å². The summed E-state index contributed by atoms with van der Waals surface area (Å²) in [4.78, 5) is 4.45. The van der Waals surface area contributed by atoms with Gasteiger partial charge in [0.15, 0.2) is 0 Å². The molecule has 0 bridgehead atoms. The Hall–Kier alpha value is -0.850. The van der Waals surface area contributed by atoms with Gasteiger partial charge in [-0.05, 0) is 43.2 Å². The van der Waals surface area contributed by atoms with Crippen molar-refractivity contribution < 1.29 is 0 Å². The van der Waals surface area contributed by atoms with E-state index in [0.717, 1.165) is 5.92 Å².